The fraction of sp³-hybridized carbons (Fsp3) is 0.667. The molecule has 0 bridgehead atoms. The van der Waals surface area contributed by atoms with Crippen LogP contribution in [0.4, 0.5) is 110 Å². The molecule has 27 heteroatoms. The Morgan fingerprint density at radius 3 is 0.800 bits per heavy atom. The van der Waals surface area contributed by atoms with Crippen molar-refractivity contribution in [1.82, 2.24) is 0 Å². The molecule has 0 aliphatic carbocycles. The van der Waals surface area contributed by atoms with Crippen LogP contribution in [0.15, 0.2) is 24.3 Å². The van der Waals surface area contributed by atoms with Gasteiger partial charge in [0.15, 0.2) is 0 Å². The molecule has 1 N–H and O–H groups in total. The van der Waals surface area contributed by atoms with Gasteiger partial charge in [0.1, 0.15) is 11.5 Å². The van der Waals surface area contributed by atoms with Crippen LogP contribution < -0.4 is 4.74 Å². The normalized spacial score (nSPS) is 16.2. The van der Waals surface area contributed by atoms with Gasteiger partial charge in [-0.2, -0.15) is 110 Å². The van der Waals surface area contributed by atoms with Gasteiger partial charge in [-0.1, -0.05) is 0 Å². The molecule has 264 valence electrons. The fourth-order valence-electron chi connectivity index (χ4n) is 2.66. The van der Waals surface area contributed by atoms with Gasteiger partial charge in [-0.3, -0.25) is 0 Å². The highest BCUT2D eigenvalue weighted by Crippen LogP contribution is 2.67. The average Bonchev–Trinajstić information content (AvgIpc) is 2.83. The topological polar surface area (TPSA) is 29.5 Å². The lowest BCUT2D eigenvalue weighted by Crippen LogP contribution is -2.78. The summed E-state index contributed by atoms with van der Waals surface area (Å²) < 4.78 is 337. The van der Waals surface area contributed by atoms with E-state index >= 15 is 0 Å². The summed E-state index contributed by atoms with van der Waals surface area (Å²) in [4.78, 5) is 0. The van der Waals surface area contributed by atoms with Gasteiger partial charge in [-0.05, 0) is 24.3 Å². The van der Waals surface area contributed by atoms with Crippen LogP contribution in [-0.4, -0.2) is 76.6 Å². The quantitative estimate of drug-likeness (QED) is 0.218. The van der Waals surface area contributed by atoms with Crippen molar-refractivity contribution >= 4 is 0 Å². The number of halogens is 25. The molecular formula is C18H5F25O2. The molecule has 1 rings (SSSR count). The number of phenolic OH excluding ortho intramolecular Hbond substituents is 1. The first-order valence-corrected chi connectivity index (χ1v) is 9.93. The molecule has 1 aromatic rings. The number of hydrogen-bond acceptors (Lipinski definition) is 2. The number of benzene rings is 1. The summed E-state index contributed by atoms with van der Waals surface area (Å²) in [6, 6.07) is 0.215. The third-order valence-corrected chi connectivity index (χ3v) is 5.35. The molecule has 0 aliphatic rings. The molecule has 0 saturated heterocycles. The highest BCUT2D eigenvalue weighted by molar-refractivity contribution is 5.30. The Morgan fingerprint density at radius 2 is 0.556 bits per heavy atom. The van der Waals surface area contributed by atoms with E-state index in [1.165, 1.54) is 0 Å². The van der Waals surface area contributed by atoms with Gasteiger partial charge in [0.2, 0.25) is 0 Å². The lowest BCUT2D eigenvalue weighted by molar-refractivity contribution is -0.486. The monoisotopic (exact) mass is 728 g/mol. The summed E-state index contributed by atoms with van der Waals surface area (Å²) in [6.07, 6.45) is -15.6. The molecule has 0 radical (unpaired) electrons. The van der Waals surface area contributed by atoms with Crippen molar-refractivity contribution in [2.75, 3.05) is 0 Å². The van der Waals surface area contributed by atoms with Crippen LogP contribution in [0.3, 0.4) is 0 Å². The molecule has 0 amide bonds. The summed E-state index contributed by atoms with van der Waals surface area (Å²) in [5, 5.41) is 8.85. The molecule has 2 nitrogen and oxygen atoms in total. The van der Waals surface area contributed by atoms with Crippen molar-refractivity contribution in [3.63, 3.8) is 0 Å². The Labute approximate surface area is 228 Å². The molecule has 0 saturated carbocycles. The lowest BCUT2D eigenvalue weighted by Gasteiger charge is -2.45. The van der Waals surface area contributed by atoms with Crippen molar-refractivity contribution in [1.29, 1.82) is 0 Å². The lowest BCUT2D eigenvalue weighted by atomic mass is 9.85. The van der Waals surface area contributed by atoms with E-state index in [9.17, 15) is 110 Å². The minimum absolute atomic E-state index is 0.0841. The second kappa shape index (κ2) is 10.3. The highest BCUT2D eigenvalue weighted by Gasteiger charge is 2.99. The Bertz CT molecular complexity index is 1210. The average molecular weight is 728 g/mol. The molecule has 0 aromatic heterocycles. The van der Waals surface area contributed by atoms with Crippen LogP contribution in [0, 0.1) is 0 Å². The van der Waals surface area contributed by atoms with Crippen molar-refractivity contribution < 1.29 is 120 Å². The summed E-state index contributed by atoms with van der Waals surface area (Å²) >= 11 is 0. The number of rotatable bonds is 12. The van der Waals surface area contributed by atoms with Crippen LogP contribution in [0.25, 0.3) is 0 Å². The molecule has 1 aromatic carbocycles. The van der Waals surface area contributed by atoms with Gasteiger partial charge in [-0.15, -0.1) is 0 Å². The first-order chi connectivity index (χ1) is 19.2. The maximum absolute atomic E-state index is 13.8. The molecule has 0 fully saturated rings. The first kappa shape index (κ1) is 40.1. The van der Waals surface area contributed by atoms with Gasteiger partial charge < -0.3 is 9.84 Å². The Kier molecular flexibility index (Phi) is 9.16. The summed E-state index contributed by atoms with van der Waals surface area (Å²) in [7, 11) is 0. The van der Waals surface area contributed by atoms with Gasteiger partial charge in [0.25, 0.3) is 0 Å². The first-order valence-electron chi connectivity index (χ1n) is 9.93. The van der Waals surface area contributed by atoms with Crippen LogP contribution >= 0.6 is 0 Å². The predicted molar refractivity (Wildman–Crippen MR) is 89.2 cm³/mol. The van der Waals surface area contributed by atoms with Crippen molar-refractivity contribution in [3.8, 4) is 11.5 Å². The van der Waals surface area contributed by atoms with E-state index in [4.69, 9.17) is 5.11 Å². The predicted octanol–water partition coefficient (Wildman–Crippen LogP) is 9.28. The third kappa shape index (κ3) is 5.08. The van der Waals surface area contributed by atoms with E-state index < -0.39 is 83.0 Å². The second-order valence-electron chi connectivity index (χ2n) is 8.35. The molecule has 0 atom stereocenters. The fourth-order valence-corrected chi connectivity index (χ4v) is 2.66. The standard InChI is InChI=1S/C18H5F25O2/c19-7(20,9(23,24)11(27,28)13(31,32)15(35,36)17(39,40)41)8(21,22)10(25,26)12(29,30)14(33,34)16(37,38)18(42,43)45-6-3-1-5(44)2-4-6/h1-4,44H. The van der Waals surface area contributed by atoms with Gasteiger partial charge in [0, 0.05) is 0 Å². The molecule has 0 unspecified atom stereocenters. The van der Waals surface area contributed by atoms with E-state index in [0.717, 1.165) is 0 Å². The number of phenols is 1. The van der Waals surface area contributed by atoms with E-state index in [2.05, 4.69) is 4.74 Å². The minimum atomic E-state index is -9.64. The SMILES string of the molecule is Oc1ccc(OC(F)(F)C(F)(F)C(F)(F)C(F)(F)C(F)(F)C(F)(F)C(F)(F)C(F)(F)C(F)(F)C(F)(F)C(F)(F)C(F)(F)F)cc1. The summed E-state index contributed by atoms with van der Waals surface area (Å²) in [5.74, 6) is -95.1. The maximum atomic E-state index is 13.8. The zero-order chi connectivity index (χ0) is 36.7. The van der Waals surface area contributed by atoms with Crippen molar-refractivity contribution in [2.24, 2.45) is 0 Å². The minimum Gasteiger partial charge on any atom is -0.508 e. The number of alkyl halides is 25. The van der Waals surface area contributed by atoms with Gasteiger partial charge in [-0.25, -0.2) is 0 Å². The van der Waals surface area contributed by atoms with Crippen LogP contribution in [0.1, 0.15) is 0 Å². The Morgan fingerprint density at radius 1 is 0.333 bits per heavy atom. The van der Waals surface area contributed by atoms with E-state index in [1.54, 1.807) is 0 Å². The molecule has 0 aliphatic heterocycles. The van der Waals surface area contributed by atoms with Gasteiger partial charge >= 0.3 is 71.5 Å². The highest BCUT2D eigenvalue weighted by atomic mass is 19.4. The largest absolute Gasteiger partial charge is 0.508 e. The van der Waals surface area contributed by atoms with Crippen LogP contribution in [0.5, 0.6) is 11.5 Å². The van der Waals surface area contributed by atoms with Gasteiger partial charge in [0.05, 0.1) is 0 Å². The Hall–Kier alpha value is -2.93. The van der Waals surface area contributed by atoms with E-state index in [-0.39, 0.29) is 24.3 Å². The molecule has 45 heavy (non-hydrogen) atoms. The zero-order valence-corrected chi connectivity index (χ0v) is 19.6. The number of aromatic hydroxyl groups is 1. The molecule has 0 heterocycles. The molecule has 0 spiro atoms. The number of ether oxygens (including phenoxy) is 1. The van der Waals surface area contributed by atoms with Crippen LogP contribution in [0.2, 0.25) is 0 Å². The third-order valence-electron chi connectivity index (χ3n) is 5.35. The maximum Gasteiger partial charge on any atom is 0.471 e. The summed E-state index contributed by atoms with van der Waals surface area (Å²) in [5.41, 5.74) is 0. The van der Waals surface area contributed by atoms with E-state index in [0.29, 0.717) is 0 Å². The number of hydrogen-bond donors (Lipinski definition) is 1. The molecular weight excluding hydrogens is 723 g/mol. The Balaban J connectivity index is 3.83. The van der Waals surface area contributed by atoms with E-state index in [1.807, 2.05) is 0 Å². The zero-order valence-electron chi connectivity index (χ0n) is 19.6. The van der Waals surface area contributed by atoms with Crippen LogP contribution in [-0.2, 0) is 0 Å². The smallest absolute Gasteiger partial charge is 0.471 e. The van der Waals surface area contributed by atoms with Crippen molar-refractivity contribution in [2.45, 2.75) is 71.5 Å². The van der Waals surface area contributed by atoms with Crippen molar-refractivity contribution in [3.05, 3.63) is 24.3 Å². The summed E-state index contributed by atoms with van der Waals surface area (Å²) in [6.45, 7) is 0. The second-order valence-corrected chi connectivity index (χ2v) is 8.35.